The molecule has 0 saturated carbocycles. The van der Waals surface area contributed by atoms with E-state index in [0.717, 1.165) is 19.6 Å². The van der Waals surface area contributed by atoms with Gasteiger partial charge in [0.2, 0.25) is 0 Å². The molecule has 0 atom stereocenters. The molecule has 1 N–H and O–H groups in total. The lowest BCUT2D eigenvalue weighted by atomic mass is 10.2. The van der Waals surface area contributed by atoms with Gasteiger partial charge in [-0.25, -0.2) is 0 Å². The van der Waals surface area contributed by atoms with E-state index in [4.69, 9.17) is 0 Å². The molecular weight excluding hydrogens is 220 g/mol. The van der Waals surface area contributed by atoms with Gasteiger partial charge < -0.3 is 10.2 Å². The van der Waals surface area contributed by atoms with Crippen LogP contribution in [-0.4, -0.2) is 31.6 Å². The third-order valence-corrected chi connectivity index (χ3v) is 3.15. The quantitative estimate of drug-likeness (QED) is 0.639. The molecule has 0 fully saturated rings. The van der Waals surface area contributed by atoms with Crippen molar-refractivity contribution in [3.8, 4) is 0 Å². The van der Waals surface area contributed by atoms with Crippen molar-refractivity contribution in [2.24, 2.45) is 0 Å². The Bertz CT molecular complexity index is 284. The normalized spacial score (nSPS) is 11.1. The number of nitrogens with one attached hydrogen (secondary N) is 1. The maximum absolute atomic E-state index is 3.51. The van der Waals surface area contributed by atoms with Crippen LogP contribution in [0.2, 0.25) is 0 Å². The SMILES string of the molecule is CCCCCNCCCN(C)Cc1ccccc1. The van der Waals surface area contributed by atoms with Crippen molar-refractivity contribution < 1.29 is 0 Å². The molecule has 0 aliphatic carbocycles. The Morgan fingerprint density at radius 3 is 2.44 bits per heavy atom. The standard InChI is InChI=1S/C16H28N2/c1-3-4-8-12-17-13-9-14-18(2)15-16-10-6-5-7-11-16/h5-7,10-11,17H,3-4,8-9,12-15H2,1-2H3. The monoisotopic (exact) mass is 248 g/mol. The zero-order chi connectivity index (χ0) is 13.1. The fourth-order valence-electron chi connectivity index (χ4n) is 2.07. The first-order valence-electron chi connectivity index (χ1n) is 7.26. The molecule has 0 radical (unpaired) electrons. The summed E-state index contributed by atoms with van der Waals surface area (Å²) in [7, 11) is 2.20. The van der Waals surface area contributed by atoms with Gasteiger partial charge in [0.25, 0.3) is 0 Å². The van der Waals surface area contributed by atoms with Gasteiger partial charge in [0.1, 0.15) is 0 Å². The molecule has 102 valence electrons. The van der Waals surface area contributed by atoms with E-state index >= 15 is 0 Å². The second-order valence-electron chi connectivity index (χ2n) is 5.03. The fourth-order valence-corrected chi connectivity index (χ4v) is 2.07. The summed E-state index contributed by atoms with van der Waals surface area (Å²) in [6.07, 6.45) is 5.20. The van der Waals surface area contributed by atoms with E-state index in [1.165, 1.54) is 37.8 Å². The third-order valence-electron chi connectivity index (χ3n) is 3.15. The molecule has 0 aliphatic heterocycles. The van der Waals surface area contributed by atoms with E-state index in [2.05, 4.69) is 54.5 Å². The van der Waals surface area contributed by atoms with Crippen molar-refractivity contribution in [3.63, 3.8) is 0 Å². The van der Waals surface area contributed by atoms with Gasteiger partial charge in [-0.1, -0.05) is 50.1 Å². The third kappa shape index (κ3) is 7.46. The van der Waals surface area contributed by atoms with Gasteiger partial charge in [-0.2, -0.15) is 0 Å². The molecular formula is C16H28N2. The van der Waals surface area contributed by atoms with E-state index in [9.17, 15) is 0 Å². The summed E-state index contributed by atoms with van der Waals surface area (Å²) in [6.45, 7) is 6.78. The minimum absolute atomic E-state index is 1.05. The highest BCUT2D eigenvalue weighted by molar-refractivity contribution is 5.14. The largest absolute Gasteiger partial charge is 0.317 e. The summed E-state index contributed by atoms with van der Waals surface area (Å²) in [6, 6.07) is 10.7. The van der Waals surface area contributed by atoms with E-state index in [0.29, 0.717) is 0 Å². The second kappa shape index (κ2) is 10.1. The van der Waals surface area contributed by atoms with Crippen molar-refractivity contribution >= 4 is 0 Å². The molecule has 0 aromatic heterocycles. The highest BCUT2D eigenvalue weighted by atomic mass is 15.1. The molecule has 2 nitrogen and oxygen atoms in total. The van der Waals surface area contributed by atoms with Crippen LogP contribution in [0.25, 0.3) is 0 Å². The van der Waals surface area contributed by atoms with Crippen molar-refractivity contribution in [1.82, 2.24) is 10.2 Å². The molecule has 0 saturated heterocycles. The topological polar surface area (TPSA) is 15.3 Å². The Morgan fingerprint density at radius 2 is 1.72 bits per heavy atom. The van der Waals surface area contributed by atoms with Crippen LogP contribution in [0.4, 0.5) is 0 Å². The Labute approximate surface area is 112 Å². The molecule has 0 heterocycles. The van der Waals surface area contributed by atoms with Gasteiger partial charge in [-0.3, -0.25) is 0 Å². The maximum Gasteiger partial charge on any atom is 0.0230 e. The smallest absolute Gasteiger partial charge is 0.0230 e. The van der Waals surface area contributed by atoms with Crippen LogP contribution < -0.4 is 5.32 Å². The first-order valence-corrected chi connectivity index (χ1v) is 7.26. The Kier molecular flexibility index (Phi) is 8.53. The molecule has 1 aromatic rings. The number of unbranched alkanes of at least 4 members (excludes halogenated alkanes) is 2. The highest BCUT2D eigenvalue weighted by Gasteiger charge is 1.99. The highest BCUT2D eigenvalue weighted by Crippen LogP contribution is 2.02. The molecule has 0 amide bonds. The van der Waals surface area contributed by atoms with Crippen LogP contribution >= 0.6 is 0 Å². The predicted molar refractivity (Wildman–Crippen MR) is 79.8 cm³/mol. The summed E-state index contributed by atoms with van der Waals surface area (Å²) >= 11 is 0. The van der Waals surface area contributed by atoms with E-state index in [-0.39, 0.29) is 0 Å². The van der Waals surface area contributed by atoms with Crippen LogP contribution in [0.5, 0.6) is 0 Å². The second-order valence-corrected chi connectivity index (χ2v) is 5.03. The molecule has 1 rings (SSSR count). The Hall–Kier alpha value is -0.860. The van der Waals surface area contributed by atoms with Gasteiger partial charge in [0.15, 0.2) is 0 Å². The van der Waals surface area contributed by atoms with Gasteiger partial charge in [-0.05, 0) is 45.1 Å². The molecule has 0 spiro atoms. The van der Waals surface area contributed by atoms with Crippen LogP contribution in [0.15, 0.2) is 30.3 Å². The van der Waals surface area contributed by atoms with Crippen molar-refractivity contribution in [3.05, 3.63) is 35.9 Å². The van der Waals surface area contributed by atoms with Gasteiger partial charge in [0.05, 0.1) is 0 Å². The zero-order valence-corrected chi connectivity index (χ0v) is 12.0. The first-order chi connectivity index (χ1) is 8.83. The number of hydrogen-bond donors (Lipinski definition) is 1. The summed E-state index contributed by atoms with van der Waals surface area (Å²) < 4.78 is 0. The van der Waals surface area contributed by atoms with Gasteiger partial charge in [0, 0.05) is 6.54 Å². The lowest BCUT2D eigenvalue weighted by Gasteiger charge is -2.16. The van der Waals surface area contributed by atoms with Crippen molar-refractivity contribution in [2.45, 2.75) is 39.2 Å². The number of benzene rings is 1. The summed E-state index contributed by atoms with van der Waals surface area (Å²) in [5.41, 5.74) is 1.40. The van der Waals surface area contributed by atoms with E-state index in [1.54, 1.807) is 0 Å². The summed E-state index contributed by atoms with van der Waals surface area (Å²) in [5.74, 6) is 0. The van der Waals surface area contributed by atoms with Gasteiger partial charge >= 0.3 is 0 Å². The van der Waals surface area contributed by atoms with Crippen LogP contribution in [0.3, 0.4) is 0 Å². The zero-order valence-electron chi connectivity index (χ0n) is 12.0. The average molecular weight is 248 g/mol. The lowest BCUT2D eigenvalue weighted by Crippen LogP contribution is -2.24. The van der Waals surface area contributed by atoms with Crippen molar-refractivity contribution in [1.29, 1.82) is 0 Å². The van der Waals surface area contributed by atoms with E-state index in [1.807, 2.05) is 0 Å². The van der Waals surface area contributed by atoms with Crippen LogP contribution in [-0.2, 0) is 6.54 Å². The molecule has 18 heavy (non-hydrogen) atoms. The maximum atomic E-state index is 3.51. The number of nitrogens with zero attached hydrogens (tertiary/aromatic N) is 1. The summed E-state index contributed by atoms with van der Waals surface area (Å²) in [4.78, 5) is 2.39. The fraction of sp³-hybridized carbons (Fsp3) is 0.625. The minimum Gasteiger partial charge on any atom is -0.317 e. The number of rotatable bonds is 10. The molecule has 2 heteroatoms. The van der Waals surface area contributed by atoms with Gasteiger partial charge in [-0.15, -0.1) is 0 Å². The minimum atomic E-state index is 1.05. The van der Waals surface area contributed by atoms with Crippen LogP contribution in [0, 0.1) is 0 Å². The van der Waals surface area contributed by atoms with E-state index < -0.39 is 0 Å². The van der Waals surface area contributed by atoms with Crippen LogP contribution in [0.1, 0.15) is 38.2 Å². The lowest BCUT2D eigenvalue weighted by molar-refractivity contribution is 0.319. The molecule has 1 aromatic carbocycles. The Balaban J connectivity index is 1.99. The molecule has 0 bridgehead atoms. The average Bonchev–Trinajstić information content (AvgIpc) is 2.39. The number of hydrogen-bond acceptors (Lipinski definition) is 2. The predicted octanol–water partition coefficient (Wildman–Crippen LogP) is 3.29. The van der Waals surface area contributed by atoms with Crippen molar-refractivity contribution in [2.75, 3.05) is 26.7 Å². The molecule has 0 unspecified atom stereocenters. The first kappa shape index (κ1) is 15.2. The summed E-state index contributed by atoms with van der Waals surface area (Å²) in [5, 5.41) is 3.51. The molecule has 0 aliphatic rings. The Morgan fingerprint density at radius 1 is 1.00 bits per heavy atom.